The fraction of sp³-hybridized carbons (Fsp3) is 0.667. The Labute approximate surface area is 151 Å². The van der Waals surface area contributed by atoms with Gasteiger partial charge in [0.05, 0.1) is 0 Å². The van der Waals surface area contributed by atoms with Crippen LogP contribution in [0.25, 0.3) is 0 Å². The molecule has 162 valence electrons. The molecule has 2 nitrogen and oxygen atoms in total. The van der Waals surface area contributed by atoms with Gasteiger partial charge in [-0.05, 0) is 19.2 Å². The van der Waals surface area contributed by atoms with Gasteiger partial charge in [-0.1, -0.05) is 11.8 Å². The summed E-state index contributed by atoms with van der Waals surface area (Å²) in [5.74, 6) is -37.3. The average Bonchev–Trinajstić information content (AvgIpc) is 2.52. The van der Waals surface area contributed by atoms with Gasteiger partial charge in [-0.25, -0.2) is 9.97 Å². The quantitative estimate of drug-likeness (QED) is 0.311. The van der Waals surface area contributed by atoms with Crippen LogP contribution in [0.2, 0.25) is 0 Å². The van der Waals surface area contributed by atoms with E-state index in [0.29, 0.717) is 11.8 Å². The fourth-order valence-electron chi connectivity index (χ4n) is 1.72. The molecule has 1 aromatic rings. The summed E-state index contributed by atoms with van der Waals surface area (Å²) in [4.78, 5) is 6.13. The van der Waals surface area contributed by atoms with E-state index in [0.717, 1.165) is 13.2 Å². The summed E-state index contributed by atoms with van der Waals surface area (Å²) < 4.78 is 170. The SMILES string of the molecule is CSc1nc(C)cc(C(F)(F)C(F)(F)C(F)(F)C(F)(F)C(F)(F)C(F)(F)F)n1. The smallest absolute Gasteiger partial charge is 0.228 e. The number of rotatable bonds is 6. The molecular formula is C12H7F13N2S. The van der Waals surface area contributed by atoms with E-state index in [4.69, 9.17) is 0 Å². The molecule has 0 atom stereocenters. The summed E-state index contributed by atoms with van der Waals surface area (Å²) in [5, 5.41) is -0.707. The molecule has 16 heteroatoms. The van der Waals surface area contributed by atoms with Gasteiger partial charge in [-0.2, -0.15) is 57.1 Å². The van der Waals surface area contributed by atoms with Gasteiger partial charge in [0, 0.05) is 5.69 Å². The van der Waals surface area contributed by atoms with Crippen molar-refractivity contribution < 1.29 is 57.1 Å². The number of alkyl halides is 13. The summed E-state index contributed by atoms with van der Waals surface area (Å²) in [5.41, 5.74) is -2.80. The largest absolute Gasteiger partial charge is 0.460 e. The van der Waals surface area contributed by atoms with E-state index in [1.807, 2.05) is 0 Å². The Morgan fingerprint density at radius 3 is 1.50 bits per heavy atom. The molecule has 1 aromatic heterocycles. The van der Waals surface area contributed by atoms with Crippen LogP contribution in [0.1, 0.15) is 11.4 Å². The molecule has 0 spiro atoms. The molecule has 0 amide bonds. The lowest BCUT2D eigenvalue weighted by molar-refractivity contribution is -0.442. The maximum atomic E-state index is 14.0. The van der Waals surface area contributed by atoms with Crippen LogP contribution in [0.4, 0.5) is 57.1 Å². The third-order valence-corrected chi connectivity index (χ3v) is 3.82. The van der Waals surface area contributed by atoms with E-state index in [1.165, 1.54) is 0 Å². The normalized spacial score (nSPS) is 15.1. The number of halogens is 13. The highest BCUT2D eigenvalue weighted by Gasteiger charge is 2.91. The van der Waals surface area contributed by atoms with Crippen LogP contribution in [-0.4, -0.2) is 46.1 Å². The number of hydrogen-bond donors (Lipinski definition) is 0. The van der Waals surface area contributed by atoms with Gasteiger partial charge in [-0.3, -0.25) is 0 Å². The highest BCUT2D eigenvalue weighted by Crippen LogP contribution is 2.61. The number of aryl methyl sites for hydroxylation is 1. The summed E-state index contributed by atoms with van der Waals surface area (Å²) >= 11 is 0.440. The second kappa shape index (κ2) is 6.79. The minimum absolute atomic E-state index is 0.0379. The van der Waals surface area contributed by atoms with Crippen molar-refractivity contribution in [1.29, 1.82) is 0 Å². The lowest BCUT2D eigenvalue weighted by Gasteiger charge is -2.39. The van der Waals surface area contributed by atoms with Gasteiger partial charge < -0.3 is 0 Å². The zero-order valence-electron chi connectivity index (χ0n) is 13.3. The fourth-order valence-corrected chi connectivity index (χ4v) is 2.15. The Balaban J connectivity index is 3.64. The van der Waals surface area contributed by atoms with Crippen molar-refractivity contribution in [2.45, 2.75) is 47.9 Å². The van der Waals surface area contributed by atoms with E-state index in [9.17, 15) is 57.1 Å². The third kappa shape index (κ3) is 3.36. The standard InChI is InChI=1S/C12H7F13N2S/c1-4-3-5(27-6(26-4)28-2)7(13,14)8(15,16)9(17,18)10(19,20)11(21,22)12(23,24)25/h3H,1-2H3. The van der Waals surface area contributed by atoms with Crippen molar-refractivity contribution in [2.75, 3.05) is 6.26 Å². The van der Waals surface area contributed by atoms with Crippen LogP contribution in [0.3, 0.4) is 0 Å². The predicted molar refractivity (Wildman–Crippen MR) is 68.3 cm³/mol. The average molecular weight is 458 g/mol. The molecular weight excluding hydrogens is 451 g/mol. The highest BCUT2D eigenvalue weighted by atomic mass is 32.2. The van der Waals surface area contributed by atoms with Gasteiger partial charge in [0.15, 0.2) is 5.16 Å². The van der Waals surface area contributed by atoms with Crippen LogP contribution < -0.4 is 0 Å². The third-order valence-electron chi connectivity index (χ3n) is 3.27. The molecule has 0 saturated carbocycles. The predicted octanol–water partition coefficient (Wildman–Crippen LogP) is 5.70. The van der Waals surface area contributed by atoms with Crippen molar-refractivity contribution >= 4 is 11.8 Å². The monoisotopic (exact) mass is 458 g/mol. The zero-order valence-corrected chi connectivity index (χ0v) is 14.1. The zero-order chi connectivity index (χ0) is 22.6. The van der Waals surface area contributed by atoms with Crippen molar-refractivity contribution in [1.82, 2.24) is 9.97 Å². The summed E-state index contributed by atoms with van der Waals surface area (Å²) in [7, 11) is 0. The minimum Gasteiger partial charge on any atom is -0.228 e. The van der Waals surface area contributed by atoms with Crippen molar-refractivity contribution in [3.8, 4) is 0 Å². The molecule has 0 bridgehead atoms. The highest BCUT2D eigenvalue weighted by molar-refractivity contribution is 7.98. The van der Waals surface area contributed by atoms with Crippen LogP contribution in [0, 0.1) is 6.92 Å². The van der Waals surface area contributed by atoms with Gasteiger partial charge in [0.2, 0.25) is 0 Å². The molecule has 0 radical (unpaired) electrons. The molecule has 0 saturated heterocycles. The van der Waals surface area contributed by atoms with Gasteiger partial charge >= 0.3 is 35.8 Å². The van der Waals surface area contributed by atoms with Gasteiger partial charge in [0.1, 0.15) is 5.69 Å². The first-order valence-electron chi connectivity index (χ1n) is 6.54. The summed E-state index contributed by atoms with van der Waals surface area (Å²) in [6.07, 6.45) is -6.32. The second-order valence-electron chi connectivity index (χ2n) is 5.25. The molecule has 0 N–H and O–H groups in total. The molecule has 28 heavy (non-hydrogen) atoms. The van der Waals surface area contributed by atoms with Gasteiger partial charge in [0.25, 0.3) is 0 Å². The molecule has 0 unspecified atom stereocenters. The maximum Gasteiger partial charge on any atom is 0.460 e. The van der Waals surface area contributed by atoms with Crippen LogP contribution in [0.5, 0.6) is 0 Å². The number of thioether (sulfide) groups is 1. The molecule has 0 fully saturated rings. The van der Waals surface area contributed by atoms with E-state index in [2.05, 4.69) is 9.97 Å². The van der Waals surface area contributed by atoms with Crippen LogP contribution in [0.15, 0.2) is 11.2 Å². The Bertz CT molecular complexity index is 729. The maximum absolute atomic E-state index is 14.0. The molecule has 0 aromatic carbocycles. The number of nitrogens with zero attached hydrogens (tertiary/aromatic N) is 2. The van der Waals surface area contributed by atoms with E-state index >= 15 is 0 Å². The van der Waals surface area contributed by atoms with Crippen molar-refractivity contribution in [3.05, 3.63) is 17.5 Å². The number of aromatic nitrogens is 2. The molecule has 1 rings (SSSR count). The van der Waals surface area contributed by atoms with E-state index < -0.39 is 52.3 Å². The Morgan fingerprint density at radius 2 is 1.11 bits per heavy atom. The first-order chi connectivity index (χ1) is 12.2. The molecule has 0 aliphatic carbocycles. The topological polar surface area (TPSA) is 25.8 Å². The number of hydrogen-bond acceptors (Lipinski definition) is 3. The lowest BCUT2D eigenvalue weighted by Crippen LogP contribution is -2.69. The first-order valence-corrected chi connectivity index (χ1v) is 7.77. The van der Waals surface area contributed by atoms with E-state index in [1.54, 1.807) is 0 Å². The minimum atomic E-state index is -7.93. The van der Waals surface area contributed by atoms with Gasteiger partial charge in [-0.15, -0.1) is 0 Å². The first kappa shape index (κ1) is 24.6. The Hall–Kier alpha value is -1.48. The Kier molecular flexibility index (Phi) is 5.96. The summed E-state index contributed by atoms with van der Waals surface area (Å²) in [6, 6.07) is -0.0379. The van der Waals surface area contributed by atoms with E-state index in [-0.39, 0.29) is 6.07 Å². The second-order valence-corrected chi connectivity index (χ2v) is 6.02. The van der Waals surface area contributed by atoms with Crippen LogP contribution >= 0.6 is 11.8 Å². The molecule has 0 aliphatic heterocycles. The van der Waals surface area contributed by atoms with Crippen molar-refractivity contribution in [2.24, 2.45) is 0 Å². The molecule has 1 heterocycles. The Morgan fingerprint density at radius 1 is 0.679 bits per heavy atom. The molecule has 0 aliphatic rings. The summed E-state index contributed by atoms with van der Waals surface area (Å²) in [6.45, 7) is 0.893. The van der Waals surface area contributed by atoms with Crippen LogP contribution in [-0.2, 0) is 5.92 Å². The lowest BCUT2D eigenvalue weighted by atomic mass is 9.92. The van der Waals surface area contributed by atoms with Crippen molar-refractivity contribution in [3.63, 3.8) is 0 Å².